The van der Waals surface area contributed by atoms with E-state index in [1.54, 1.807) is 6.21 Å². The molecule has 0 aliphatic heterocycles. The van der Waals surface area contributed by atoms with Crippen LogP contribution in [0.2, 0.25) is 0 Å². The molecule has 0 heterocycles. The standard InChI is InChI=1S/C23H27BrN2O3/c1-17(27)26-25-16-20-15-21(24)9-12-23(20)29-14-13-28-22-10-7-19(8-11-22)18-5-3-2-4-6-18/h7-12,15-16,18H,2-6,13-14H2,1H3,(H,26,27)/b25-16-. The van der Waals surface area contributed by atoms with Crippen LogP contribution in [0.5, 0.6) is 11.5 Å². The largest absolute Gasteiger partial charge is 0.490 e. The summed E-state index contributed by atoms with van der Waals surface area (Å²) in [5.74, 6) is 2.02. The van der Waals surface area contributed by atoms with Gasteiger partial charge in [-0.2, -0.15) is 5.10 Å². The van der Waals surface area contributed by atoms with E-state index in [1.807, 2.05) is 18.2 Å². The average molecular weight is 459 g/mol. The highest BCUT2D eigenvalue weighted by atomic mass is 79.9. The third-order valence-corrected chi connectivity index (χ3v) is 5.46. The zero-order valence-electron chi connectivity index (χ0n) is 16.7. The van der Waals surface area contributed by atoms with Gasteiger partial charge in [-0.1, -0.05) is 47.3 Å². The van der Waals surface area contributed by atoms with Gasteiger partial charge in [0.05, 0.1) is 6.21 Å². The number of rotatable bonds is 8. The van der Waals surface area contributed by atoms with Gasteiger partial charge in [0.1, 0.15) is 24.7 Å². The van der Waals surface area contributed by atoms with Crippen LogP contribution in [0.4, 0.5) is 0 Å². The minimum absolute atomic E-state index is 0.221. The highest BCUT2D eigenvalue weighted by Crippen LogP contribution is 2.33. The van der Waals surface area contributed by atoms with Crippen LogP contribution in [0, 0.1) is 0 Å². The van der Waals surface area contributed by atoms with E-state index >= 15 is 0 Å². The van der Waals surface area contributed by atoms with E-state index < -0.39 is 0 Å². The summed E-state index contributed by atoms with van der Waals surface area (Å²) in [7, 11) is 0. The lowest BCUT2D eigenvalue weighted by atomic mass is 9.84. The quantitative estimate of drug-likeness (QED) is 0.326. The molecule has 1 aliphatic rings. The molecule has 1 fully saturated rings. The minimum atomic E-state index is -0.221. The number of hydrazone groups is 1. The van der Waals surface area contributed by atoms with Crippen molar-refractivity contribution in [3.63, 3.8) is 0 Å². The van der Waals surface area contributed by atoms with E-state index in [0.29, 0.717) is 24.9 Å². The number of nitrogens with zero attached hydrogens (tertiary/aromatic N) is 1. The third-order valence-electron chi connectivity index (χ3n) is 4.96. The Morgan fingerprint density at radius 1 is 1.10 bits per heavy atom. The summed E-state index contributed by atoms with van der Waals surface area (Å²) in [5, 5.41) is 3.91. The van der Waals surface area contributed by atoms with Crippen molar-refractivity contribution in [2.45, 2.75) is 44.9 Å². The highest BCUT2D eigenvalue weighted by Gasteiger charge is 2.15. The molecular weight excluding hydrogens is 432 g/mol. The molecule has 0 spiro atoms. The van der Waals surface area contributed by atoms with Gasteiger partial charge < -0.3 is 9.47 Å². The Morgan fingerprint density at radius 3 is 2.55 bits per heavy atom. The summed E-state index contributed by atoms with van der Waals surface area (Å²) >= 11 is 3.43. The molecule has 1 N–H and O–H groups in total. The number of amides is 1. The number of ether oxygens (including phenoxy) is 2. The summed E-state index contributed by atoms with van der Waals surface area (Å²) in [6.07, 6.45) is 8.22. The van der Waals surface area contributed by atoms with Crippen LogP contribution in [0.3, 0.4) is 0 Å². The number of carbonyl (C=O) groups excluding carboxylic acids is 1. The SMILES string of the molecule is CC(=O)N/N=C\c1cc(Br)ccc1OCCOc1ccc(C2CCCCC2)cc1. The number of carbonyl (C=O) groups is 1. The monoisotopic (exact) mass is 458 g/mol. The van der Waals surface area contributed by atoms with Crippen LogP contribution in [-0.2, 0) is 4.79 Å². The van der Waals surface area contributed by atoms with Crippen molar-refractivity contribution in [3.8, 4) is 11.5 Å². The van der Waals surface area contributed by atoms with Gasteiger partial charge >= 0.3 is 0 Å². The second-order valence-corrected chi connectivity index (χ2v) is 8.12. The molecule has 0 bridgehead atoms. The molecule has 1 aliphatic carbocycles. The Kier molecular flexibility index (Phi) is 8.11. The molecule has 0 aromatic heterocycles. The zero-order valence-corrected chi connectivity index (χ0v) is 18.3. The third kappa shape index (κ3) is 6.89. The Balaban J connectivity index is 1.49. The number of hydrogen-bond acceptors (Lipinski definition) is 4. The van der Waals surface area contributed by atoms with Crippen LogP contribution >= 0.6 is 15.9 Å². The van der Waals surface area contributed by atoms with E-state index in [0.717, 1.165) is 15.8 Å². The molecule has 29 heavy (non-hydrogen) atoms. The first kappa shape index (κ1) is 21.4. The lowest BCUT2D eigenvalue weighted by Crippen LogP contribution is -2.13. The predicted octanol–water partition coefficient (Wildman–Crippen LogP) is 5.42. The molecule has 0 atom stereocenters. The van der Waals surface area contributed by atoms with Crippen molar-refractivity contribution in [3.05, 3.63) is 58.1 Å². The lowest BCUT2D eigenvalue weighted by molar-refractivity contribution is -0.118. The molecule has 2 aromatic carbocycles. The van der Waals surface area contributed by atoms with E-state index in [4.69, 9.17) is 9.47 Å². The number of benzene rings is 2. The van der Waals surface area contributed by atoms with Crippen molar-refractivity contribution in [1.82, 2.24) is 5.43 Å². The fourth-order valence-corrected chi connectivity index (χ4v) is 3.91. The molecule has 6 heteroatoms. The molecule has 3 rings (SSSR count). The Bertz CT molecular complexity index is 831. The van der Waals surface area contributed by atoms with Crippen molar-refractivity contribution in [2.24, 2.45) is 5.10 Å². The highest BCUT2D eigenvalue weighted by molar-refractivity contribution is 9.10. The van der Waals surface area contributed by atoms with Crippen molar-refractivity contribution >= 4 is 28.1 Å². The van der Waals surface area contributed by atoms with Gasteiger partial charge in [0.15, 0.2) is 0 Å². The molecule has 154 valence electrons. The van der Waals surface area contributed by atoms with Crippen molar-refractivity contribution in [1.29, 1.82) is 0 Å². The van der Waals surface area contributed by atoms with E-state index in [-0.39, 0.29) is 5.91 Å². The van der Waals surface area contributed by atoms with Crippen LogP contribution in [0.1, 0.15) is 56.1 Å². The molecular formula is C23H27BrN2O3. The zero-order chi connectivity index (χ0) is 20.5. The van der Waals surface area contributed by atoms with Gasteiger partial charge in [0, 0.05) is 17.0 Å². The summed E-state index contributed by atoms with van der Waals surface area (Å²) in [6, 6.07) is 14.1. The summed E-state index contributed by atoms with van der Waals surface area (Å²) in [5.41, 5.74) is 4.58. The van der Waals surface area contributed by atoms with E-state index in [1.165, 1.54) is 44.6 Å². The maximum atomic E-state index is 11.0. The second kappa shape index (κ2) is 11.0. The van der Waals surface area contributed by atoms with E-state index in [2.05, 4.69) is 50.7 Å². The smallest absolute Gasteiger partial charge is 0.236 e. The van der Waals surface area contributed by atoms with Crippen molar-refractivity contribution in [2.75, 3.05) is 13.2 Å². The normalized spacial score (nSPS) is 14.7. The van der Waals surface area contributed by atoms with Crippen LogP contribution in [-0.4, -0.2) is 25.3 Å². The second-order valence-electron chi connectivity index (χ2n) is 7.21. The van der Waals surface area contributed by atoms with Crippen LogP contribution in [0.25, 0.3) is 0 Å². The maximum Gasteiger partial charge on any atom is 0.236 e. The van der Waals surface area contributed by atoms with Gasteiger partial charge in [-0.15, -0.1) is 0 Å². The Labute approximate surface area is 180 Å². The minimum Gasteiger partial charge on any atom is -0.490 e. The van der Waals surface area contributed by atoms with Gasteiger partial charge in [-0.25, -0.2) is 5.43 Å². The number of hydrogen-bond donors (Lipinski definition) is 1. The lowest BCUT2D eigenvalue weighted by Gasteiger charge is -2.22. The summed E-state index contributed by atoms with van der Waals surface area (Å²) in [4.78, 5) is 11.0. The first-order valence-electron chi connectivity index (χ1n) is 10.1. The average Bonchev–Trinajstić information content (AvgIpc) is 2.73. The first-order chi connectivity index (χ1) is 14.1. The fourth-order valence-electron chi connectivity index (χ4n) is 3.53. The fraction of sp³-hybridized carbons (Fsp3) is 0.391. The molecule has 5 nitrogen and oxygen atoms in total. The first-order valence-corrected chi connectivity index (χ1v) is 10.9. The van der Waals surface area contributed by atoms with Crippen LogP contribution in [0.15, 0.2) is 52.0 Å². The maximum absolute atomic E-state index is 11.0. The van der Waals surface area contributed by atoms with Gasteiger partial charge in [-0.05, 0) is 54.7 Å². The summed E-state index contributed by atoms with van der Waals surface area (Å²) < 4.78 is 12.6. The molecule has 2 aromatic rings. The number of nitrogens with one attached hydrogen (secondary N) is 1. The van der Waals surface area contributed by atoms with Crippen LogP contribution < -0.4 is 14.9 Å². The molecule has 0 unspecified atom stereocenters. The molecule has 0 saturated heterocycles. The van der Waals surface area contributed by atoms with Gasteiger partial charge in [-0.3, -0.25) is 4.79 Å². The Hall–Kier alpha value is -2.34. The van der Waals surface area contributed by atoms with Gasteiger partial charge in [0.25, 0.3) is 0 Å². The topological polar surface area (TPSA) is 59.9 Å². The number of halogens is 1. The predicted molar refractivity (Wildman–Crippen MR) is 119 cm³/mol. The summed E-state index contributed by atoms with van der Waals surface area (Å²) in [6.45, 7) is 2.27. The van der Waals surface area contributed by atoms with Gasteiger partial charge in [0.2, 0.25) is 5.91 Å². The molecule has 1 saturated carbocycles. The Morgan fingerprint density at radius 2 is 1.83 bits per heavy atom. The molecule has 0 radical (unpaired) electrons. The van der Waals surface area contributed by atoms with E-state index in [9.17, 15) is 4.79 Å². The van der Waals surface area contributed by atoms with Crippen molar-refractivity contribution < 1.29 is 14.3 Å². The molecule has 1 amide bonds.